The first kappa shape index (κ1) is 21.2. The summed E-state index contributed by atoms with van der Waals surface area (Å²) in [5.41, 5.74) is -1.50. The highest BCUT2D eigenvalue weighted by atomic mass is 19.4. The van der Waals surface area contributed by atoms with Crippen LogP contribution in [-0.4, -0.2) is 24.5 Å². The molecule has 28 heavy (non-hydrogen) atoms. The van der Waals surface area contributed by atoms with Crippen LogP contribution in [0.5, 0.6) is 5.75 Å². The maximum atomic E-state index is 12.9. The third-order valence-electron chi connectivity index (χ3n) is 4.30. The molecule has 0 aliphatic carbocycles. The van der Waals surface area contributed by atoms with E-state index in [1.54, 1.807) is 19.9 Å². The van der Waals surface area contributed by atoms with Crippen molar-refractivity contribution in [1.82, 2.24) is 5.32 Å². The fourth-order valence-corrected chi connectivity index (χ4v) is 2.60. The summed E-state index contributed by atoms with van der Waals surface area (Å²) in [5, 5.41) is 13.5. The number of carbonyl (C=O) groups is 1. The van der Waals surface area contributed by atoms with Gasteiger partial charge >= 0.3 is 6.18 Å². The van der Waals surface area contributed by atoms with Crippen molar-refractivity contribution in [3.05, 3.63) is 69.3 Å². The number of nitrogens with zero attached hydrogens (tertiary/aromatic N) is 1. The molecule has 6 nitrogen and oxygen atoms in total. The van der Waals surface area contributed by atoms with Crippen LogP contribution in [0.2, 0.25) is 0 Å². The summed E-state index contributed by atoms with van der Waals surface area (Å²) in [6, 6.07) is 8.49. The highest BCUT2D eigenvalue weighted by Gasteiger charge is 2.32. The van der Waals surface area contributed by atoms with Crippen molar-refractivity contribution in [2.24, 2.45) is 0 Å². The Balaban J connectivity index is 2.22. The molecule has 0 saturated heterocycles. The summed E-state index contributed by atoms with van der Waals surface area (Å²) in [5.74, 6) is -0.472. The number of hydrogen-bond acceptors (Lipinski definition) is 4. The number of rotatable bonds is 6. The summed E-state index contributed by atoms with van der Waals surface area (Å²) in [6.07, 6.45) is -4.47. The number of non-ortho nitro benzene ring substituents is 1. The van der Waals surface area contributed by atoms with Gasteiger partial charge in [0.15, 0.2) is 0 Å². The SMILES string of the molecule is COc1ccc([N+](=O)[O-])cc1C(=O)NCC(C)(C)c1cccc(C(F)(F)F)c1. The van der Waals surface area contributed by atoms with Crippen LogP contribution in [0.4, 0.5) is 18.9 Å². The Hall–Kier alpha value is -3.10. The van der Waals surface area contributed by atoms with Crippen LogP contribution in [0.15, 0.2) is 42.5 Å². The van der Waals surface area contributed by atoms with E-state index in [1.165, 1.54) is 25.3 Å². The van der Waals surface area contributed by atoms with Gasteiger partial charge in [-0.1, -0.05) is 32.0 Å². The molecule has 0 fully saturated rings. The number of ether oxygens (including phenoxy) is 1. The van der Waals surface area contributed by atoms with Gasteiger partial charge in [0.05, 0.1) is 23.2 Å². The molecule has 0 spiro atoms. The largest absolute Gasteiger partial charge is 0.496 e. The molecule has 0 radical (unpaired) electrons. The van der Waals surface area contributed by atoms with E-state index in [0.29, 0.717) is 5.56 Å². The molecule has 1 N–H and O–H groups in total. The van der Waals surface area contributed by atoms with Crippen molar-refractivity contribution in [3.63, 3.8) is 0 Å². The minimum absolute atomic E-state index is 0.0129. The Labute approximate surface area is 159 Å². The van der Waals surface area contributed by atoms with Gasteiger partial charge in [-0.25, -0.2) is 0 Å². The topological polar surface area (TPSA) is 81.5 Å². The maximum absolute atomic E-state index is 12.9. The van der Waals surface area contributed by atoms with E-state index in [2.05, 4.69) is 5.32 Å². The normalized spacial score (nSPS) is 11.8. The number of carbonyl (C=O) groups excluding carboxylic acids is 1. The standard InChI is InChI=1S/C19H19F3N2O4/c1-18(2,12-5-4-6-13(9-12)19(20,21)22)11-23-17(25)15-10-14(24(26)27)7-8-16(15)28-3/h4-10H,11H2,1-3H3,(H,23,25). The molecule has 0 heterocycles. The number of nitrogens with one attached hydrogen (secondary N) is 1. The number of hydrogen-bond donors (Lipinski definition) is 1. The molecule has 0 aliphatic rings. The van der Waals surface area contributed by atoms with Crippen LogP contribution in [0, 0.1) is 10.1 Å². The van der Waals surface area contributed by atoms with E-state index in [1.807, 2.05) is 0 Å². The lowest BCUT2D eigenvalue weighted by molar-refractivity contribution is -0.384. The molecule has 0 saturated carbocycles. The van der Waals surface area contributed by atoms with Crippen molar-refractivity contribution >= 4 is 11.6 Å². The van der Waals surface area contributed by atoms with Gasteiger partial charge in [-0.15, -0.1) is 0 Å². The molecule has 0 bridgehead atoms. The summed E-state index contributed by atoms with van der Waals surface area (Å²) < 4.78 is 43.9. The molecule has 2 aromatic carbocycles. The molecule has 150 valence electrons. The van der Waals surface area contributed by atoms with Crippen molar-refractivity contribution in [3.8, 4) is 5.75 Å². The van der Waals surface area contributed by atoms with Gasteiger partial charge < -0.3 is 10.1 Å². The third-order valence-corrected chi connectivity index (χ3v) is 4.30. The molecule has 2 rings (SSSR count). The number of halogens is 3. The van der Waals surface area contributed by atoms with Crippen molar-refractivity contribution in [1.29, 1.82) is 0 Å². The predicted molar refractivity (Wildman–Crippen MR) is 96.5 cm³/mol. The highest BCUT2D eigenvalue weighted by molar-refractivity contribution is 5.97. The van der Waals surface area contributed by atoms with E-state index in [9.17, 15) is 28.1 Å². The molecule has 0 aliphatic heterocycles. The molecule has 9 heteroatoms. The van der Waals surface area contributed by atoms with E-state index < -0.39 is 28.0 Å². The van der Waals surface area contributed by atoms with E-state index in [4.69, 9.17) is 4.74 Å². The minimum atomic E-state index is -4.47. The smallest absolute Gasteiger partial charge is 0.416 e. The van der Waals surface area contributed by atoms with E-state index >= 15 is 0 Å². The number of nitro groups is 1. The number of nitro benzene ring substituents is 1. The molecule has 0 atom stereocenters. The van der Waals surface area contributed by atoms with Gasteiger partial charge in [0, 0.05) is 24.1 Å². The quantitative estimate of drug-likeness (QED) is 0.582. The summed E-state index contributed by atoms with van der Waals surface area (Å²) in [7, 11) is 1.32. The van der Waals surface area contributed by atoms with E-state index in [-0.39, 0.29) is 23.5 Å². The summed E-state index contributed by atoms with van der Waals surface area (Å²) >= 11 is 0. The van der Waals surface area contributed by atoms with Gasteiger partial charge in [-0.2, -0.15) is 13.2 Å². The van der Waals surface area contributed by atoms with Crippen molar-refractivity contribution in [2.45, 2.75) is 25.4 Å². The number of alkyl halides is 3. The number of amides is 1. The Kier molecular flexibility index (Phi) is 5.96. The maximum Gasteiger partial charge on any atom is 0.416 e. The Bertz CT molecular complexity index is 895. The molecule has 0 aromatic heterocycles. The van der Waals surface area contributed by atoms with Crippen molar-refractivity contribution < 1.29 is 27.6 Å². The van der Waals surface area contributed by atoms with E-state index in [0.717, 1.165) is 18.2 Å². The number of methoxy groups -OCH3 is 1. The lowest BCUT2D eigenvalue weighted by Gasteiger charge is -2.26. The second kappa shape index (κ2) is 7.87. The van der Waals surface area contributed by atoms with Crippen LogP contribution in [0.25, 0.3) is 0 Å². The monoisotopic (exact) mass is 396 g/mol. The summed E-state index contributed by atoms with van der Waals surface area (Å²) in [6.45, 7) is 3.39. The van der Waals surface area contributed by atoms with Crippen LogP contribution in [-0.2, 0) is 11.6 Å². The Morgan fingerprint density at radius 2 is 1.79 bits per heavy atom. The zero-order valence-corrected chi connectivity index (χ0v) is 15.5. The first-order chi connectivity index (χ1) is 13.0. The third kappa shape index (κ3) is 4.79. The van der Waals surface area contributed by atoms with Gasteiger partial charge in [0.2, 0.25) is 0 Å². The Morgan fingerprint density at radius 1 is 1.14 bits per heavy atom. The van der Waals surface area contributed by atoms with Crippen LogP contribution in [0.3, 0.4) is 0 Å². The van der Waals surface area contributed by atoms with Crippen molar-refractivity contribution in [2.75, 3.05) is 13.7 Å². The predicted octanol–water partition coefficient (Wildman–Crippen LogP) is 4.33. The summed E-state index contributed by atoms with van der Waals surface area (Å²) in [4.78, 5) is 22.8. The van der Waals surface area contributed by atoms with Crippen LogP contribution < -0.4 is 10.1 Å². The second-order valence-corrected chi connectivity index (χ2v) is 6.79. The minimum Gasteiger partial charge on any atom is -0.496 e. The fourth-order valence-electron chi connectivity index (χ4n) is 2.60. The zero-order valence-electron chi connectivity index (χ0n) is 15.5. The highest BCUT2D eigenvalue weighted by Crippen LogP contribution is 2.32. The van der Waals surface area contributed by atoms with Gasteiger partial charge in [-0.05, 0) is 17.7 Å². The molecular formula is C19H19F3N2O4. The molecule has 0 unspecified atom stereocenters. The first-order valence-electron chi connectivity index (χ1n) is 8.24. The molecular weight excluding hydrogens is 377 g/mol. The average Bonchev–Trinajstić information content (AvgIpc) is 2.65. The van der Waals surface area contributed by atoms with Gasteiger partial charge in [0.1, 0.15) is 5.75 Å². The van der Waals surface area contributed by atoms with Crippen LogP contribution in [0.1, 0.15) is 35.3 Å². The Morgan fingerprint density at radius 3 is 2.36 bits per heavy atom. The fraction of sp³-hybridized carbons (Fsp3) is 0.316. The number of benzene rings is 2. The lowest BCUT2D eigenvalue weighted by Crippen LogP contribution is -2.37. The second-order valence-electron chi connectivity index (χ2n) is 6.79. The lowest BCUT2D eigenvalue weighted by atomic mass is 9.83. The first-order valence-corrected chi connectivity index (χ1v) is 8.24. The molecule has 2 aromatic rings. The van der Waals surface area contributed by atoms with Gasteiger partial charge in [-0.3, -0.25) is 14.9 Å². The molecule has 1 amide bonds. The van der Waals surface area contributed by atoms with Crippen LogP contribution >= 0.6 is 0 Å². The van der Waals surface area contributed by atoms with Gasteiger partial charge in [0.25, 0.3) is 11.6 Å². The zero-order chi connectivity index (χ0) is 21.1. The average molecular weight is 396 g/mol.